The first-order valence-electron chi connectivity index (χ1n) is 9.74. The molecule has 3 heteroatoms. The van der Waals surface area contributed by atoms with Crippen molar-refractivity contribution in [1.82, 2.24) is 0 Å². The van der Waals surface area contributed by atoms with E-state index in [1.165, 1.54) is 11.1 Å². The molecule has 140 valence electrons. The molecule has 0 radical (unpaired) electrons. The van der Waals surface area contributed by atoms with Crippen molar-refractivity contribution in [2.75, 3.05) is 0 Å². The van der Waals surface area contributed by atoms with Gasteiger partial charge in [-0.25, -0.2) is 0 Å². The van der Waals surface area contributed by atoms with Crippen molar-refractivity contribution < 1.29 is 9.16 Å². The average Bonchev–Trinajstić information content (AvgIpc) is 3.01. The quantitative estimate of drug-likeness (QED) is 0.548. The molecule has 0 aliphatic heterocycles. The van der Waals surface area contributed by atoms with Crippen molar-refractivity contribution in [3.8, 4) is 16.9 Å². The molecule has 3 rings (SSSR count). The molecule has 26 heavy (non-hydrogen) atoms. The molecule has 2 aromatic carbocycles. The van der Waals surface area contributed by atoms with Crippen LogP contribution in [0.3, 0.4) is 0 Å². The van der Waals surface area contributed by atoms with Crippen molar-refractivity contribution in [3.05, 3.63) is 54.6 Å². The van der Waals surface area contributed by atoms with Crippen LogP contribution in [0.5, 0.6) is 5.75 Å². The molecule has 1 saturated carbocycles. The molecule has 0 spiro atoms. The van der Waals surface area contributed by atoms with E-state index in [-0.39, 0.29) is 11.1 Å². The predicted octanol–water partition coefficient (Wildman–Crippen LogP) is 6.68. The van der Waals surface area contributed by atoms with Crippen molar-refractivity contribution >= 4 is 8.32 Å². The summed E-state index contributed by atoms with van der Waals surface area (Å²) in [7, 11) is -1.69. The van der Waals surface area contributed by atoms with Gasteiger partial charge in [-0.05, 0) is 54.2 Å². The number of ether oxygens (including phenoxy) is 1. The molecule has 0 heterocycles. The van der Waals surface area contributed by atoms with Crippen LogP contribution in [0, 0.1) is 0 Å². The van der Waals surface area contributed by atoms with E-state index in [4.69, 9.17) is 9.16 Å². The summed E-state index contributed by atoms with van der Waals surface area (Å²) in [6.45, 7) is 11.6. The summed E-state index contributed by atoms with van der Waals surface area (Å²) in [5, 5.41) is 0.263. The monoisotopic (exact) mass is 368 g/mol. The van der Waals surface area contributed by atoms with Gasteiger partial charge in [-0.2, -0.15) is 0 Å². The lowest BCUT2D eigenvalue weighted by molar-refractivity contribution is 0.154. The molecule has 0 amide bonds. The van der Waals surface area contributed by atoms with Gasteiger partial charge in [-0.1, -0.05) is 63.2 Å². The van der Waals surface area contributed by atoms with Crippen molar-refractivity contribution in [1.29, 1.82) is 0 Å². The normalized spacial score (nSPS) is 21.0. The Morgan fingerprint density at radius 1 is 0.808 bits per heavy atom. The average molecular weight is 369 g/mol. The number of rotatable bonds is 5. The first-order chi connectivity index (χ1) is 12.2. The first kappa shape index (κ1) is 19.2. The molecule has 0 aromatic heterocycles. The molecular weight excluding hydrogens is 336 g/mol. The van der Waals surface area contributed by atoms with E-state index >= 15 is 0 Å². The third kappa shape index (κ3) is 4.57. The van der Waals surface area contributed by atoms with Crippen LogP contribution in [0.2, 0.25) is 18.1 Å². The van der Waals surface area contributed by atoms with Crippen LogP contribution >= 0.6 is 0 Å². The molecule has 1 aliphatic carbocycles. The Bertz CT molecular complexity index is 701. The second kappa shape index (κ2) is 7.57. The van der Waals surface area contributed by atoms with Gasteiger partial charge >= 0.3 is 0 Å². The lowest BCUT2D eigenvalue weighted by Gasteiger charge is -2.38. The van der Waals surface area contributed by atoms with Crippen LogP contribution in [-0.2, 0) is 4.43 Å². The van der Waals surface area contributed by atoms with Crippen molar-refractivity contribution in [3.63, 3.8) is 0 Å². The lowest BCUT2D eigenvalue weighted by Crippen LogP contribution is -2.43. The molecule has 2 nitrogen and oxygen atoms in total. The zero-order valence-electron chi connectivity index (χ0n) is 16.8. The fraction of sp³-hybridized carbons (Fsp3) is 0.478. The standard InChI is InChI=1S/C23H32O2Si/c1-23(2,3)26(4,5)25-22-16-15-21(17-22)24-20-13-11-19(12-14-20)18-9-7-6-8-10-18/h6-14,21-22H,15-17H2,1-5H3. The SMILES string of the molecule is CC(C)(C)[Si](C)(C)OC1CCC(Oc2ccc(-c3ccccc3)cc2)C1. The Morgan fingerprint density at radius 3 is 2.00 bits per heavy atom. The predicted molar refractivity (Wildman–Crippen MR) is 112 cm³/mol. The molecule has 0 N–H and O–H groups in total. The summed E-state index contributed by atoms with van der Waals surface area (Å²) in [5.74, 6) is 0.961. The Morgan fingerprint density at radius 2 is 1.38 bits per heavy atom. The second-order valence-corrected chi connectivity index (χ2v) is 13.7. The highest BCUT2D eigenvalue weighted by Gasteiger charge is 2.41. The van der Waals surface area contributed by atoms with E-state index in [1.807, 2.05) is 6.07 Å². The van der Waals surface area contributed by atoms with Crippen LogP contribution in [-0.4, -0.2) is 20.5 Å². The zero-order valence-corrected chi connectivity index (χ0v) is 17.8. The molecule has 2 aromatic rings. The minimum Gasteiger partial charge on any atom is -0.490 e. The first-order valence-corrected chi connectivity index (χ1v) is 12.7. The van der Waals surface area contributed by atoms with E-state index in [2.05, 4.69) is 82.4 Å². The van der Waals surface area contributed by atoms with Crippen LogP contribution in [0.25, 0.3) is 11.1 Å². The fourth-order valence-corrected chi connectivity index (χ4v) is 4.66. The summed E-state index contributed by atoms with van der Waals surface area (Å²) >= 11 is 0. The summed E-state index contributed by atoms with van der Waals surface area (Å²) < 4.78 is 12.8. The lowest BCUT2D eigenvalue weighted by atomic mass is 10.1. The van der Waals surface area contributed by atoms with E-state index in [0.717, 1.165) is 25.0 Å². The Hall–Kier alpha value is -1.58. The third-order valence-electron chi connectivity index (χ3n) is 5.87. The van der Waals surface area contributed by atoms with Gasteiger partial charge in [0.15, 0.2) is 8.32 Å². The van der Waals surface area contributed by atoms with Crippen LogP contribution in [0.15, 0.2) is 54.6 Å². The van der Waals surface area contributed by atoms with Crippen LogP contribution in [0.1, 0.15) is 40.0 Å². The van der Waals surface area contributed by atoms with E-state index in [9.17, 15) is 0 Å². The Kier molecular flexibility index (Phi) is 5.59. The topological polar surface area (TPSA) is 18.5 Å². The minimum atomic E-state index is -1.69. The smallest absolute Gasteiger partial charge is 0.192 e. The summed E-state index contributed by atoms with van der Waals surface area (Å²) in [6, 6.07) is 18.9. The van der Waals surface area contributed by atoms with Crippen molar-refractivity contribution in [2.24, 2.45) is 0 Å². The molecule has 2 atom stereocenters. The molecule has 0 saturated heterocycles. The summed E-state index contributed by atoms with van der Waals surface area (Å²) in [4.78, 5) is 0. The molecular formula is C23H32O2Si. The van der Waals surface area contributed by atoms with E-state index in [0.29, 0.717) is 6.10 Å². The Labute approximate surface area is 159 Å². The molecule has 1 aliphatic rings. The van der Waals surface area contributed by atoms with Gasteiger partial charge < -0.3 is 9.16 Å². The second-order valence-electron chi connectivity index (χ2n) is 8.94. The van der Waals surface area contributed by atoms with Gasteiger partial charge in [0.25, 0.3) is 0 Å². The van der Waals surface area contributed by atoms with Crippen molar-refractivity contribution in [2.45, 2.75) is 70.4 Å². The minimum absolute atomic E-state index is 0.263. The number of benzene rings is 2. The number of hydrogen-bond donors (Lipinski definition) is 0. The Balaban J connectivity index is 1.56. The van der Waals surface area contributed by atoms with E-state index in [1.54, 1.807) is 0 Å². The highest BCUT2D eigenvalue weighted by atomic mass is 28.4. The van der Waals surface area contributed by atoms with Gasteiger partial charge in [0, 0.05) is 12.5 Å². The van der Waals surface area contributed by atoms with E-state index < -0.39 is 8.32 Å². The fourth-order valence-electron chi connectivity index (χ4n) is 3.26. The third-order valence-corrected chi connectivity index (χ3v) is 10.4. The largest absolute Gasteiger partial charge is 0.490 e. The molecule has 2 unspecified atom stereocenters. The van der Waals surface area contributed by atoms with Crippen LogP contribution in [0.4, 0.5) is 0 Å². The number of hydrogen-bond acceptors (Lipinski definition) is 2. The van der Waals surface area contributed by atoms with Gasteiger partial charge in [-0.15, -0.1) is 0 Å². The highest BCUT2D eigenvalue weighted by Crippen LogP contribution is 2.40. The van der Waals surface area contributed by atoms with Gasteiger partial charge in [0.05, 0.1) is 0 Å². The zero-order chi connectivity index (χ0) is 18.8. The summed E-state index contributed by atoms with van der Waals surface area (Å²) in [6.07, 6.45) is 3.82. The van der Waals surface area contributed by atoms with Gasteiger partial charge in [0.1, 0.15) is 11.9 Å². The maximum absolute atomic E-state index is 6.57. The molecule has 0 bridgehead atoms. The highest BCUT2D eigenvalue weighted by molar-refractivity contribution is 6.74. The molecule has 1 fully saturated rings. The maximum Gasteiger partial charge on any atom is 0.192 e. The van der Waals surface area contributed by atoms with Gasteiger partial charge in [-0.3, -0.25) is 0 Å². The van der Waals surface area contributed by atoms with Gasteiger partial charge in [0.2, 0.25) is 0 Å². The van der Waals surface area contributed by atoms with Crippen LogP contribution < -0.4 is 4.74 Å². The summed E-state index contributed by atoms with van der Waals surface area (Å²) in [5.41, 5.74) is 2.46. The maximum atomic E-state index is 6.57.